The summed E-state index contributed by atoms with van der Waals surface area (Å²) in [5.74, 6) is 0.186. The molecular weight excluding hydrogens is 358 g/mol. The van der Waals surface area contributed by atoms with E-state index in [9.17, 15) is 9.59 Å². The standard InChI is InChI=1S/C18H20ClN3O4/c1-2-25-18(24)22-8-6-14(7-9-22)20-17(23)15-11-16(26-21-15)12-4-3-5-13(19)10-12/h3-5,10-11,14H,2,6-9H2,1H3,(H,20,23). The number of likely N-dealkylation sites (tertiary alicyclic amines) is 1. The molecular formula is C18H20ClN3O4. The van der Waals surface area contributed by atoms with Crippen molar-refractivity contribution in [2.45, 2.75) is 25.8 Å². The number of carbonyl (C=O) groups excluding carboxylic acids is 2. The van der Waals surface area contributed by atoms with Gasteiger partial charge in [-0.05, 0) is 31.9 Å². The van der Waals surface area contributed by atoms with Gasteiger partial charge in [-0.15, -0.1) is 0 Å². The van der Waals surface area contributed by atoms with Gasteiger partial charge in [0.15, 0.2) is 11.5 Å². The van der Waals surface area contributed by atoms with Crippen LogP contribution in [0.3, 0.4) is 0 Å². The zero-order valence-electron chi connectivity index (χ0n) is 14.4. The summed E-state index contributed by atoms with van der Waals surface area (Å²) in [5.41, 5.74) is 0.972. The smallest absolute Gasteiger partial charge is 0.409 e. The molecule has 0 unspecified atom stereocenters. The first-order valence-corrected chi connectivity index (χ1v) is 8.90. The Morgan fingerprint density at radius 1 is 1.35 bits per heavy atom. The Labute approximate surface area is 156 Å². The van der Waals surface area contributed by atoms with Crippen LogP contribution in [0, 0.1) is 0 Å². The molecule has 1 saturated heterocycles. The van der Waals surface area contributed by atoms with Crippen LogP contribution in [0.25, 0.3) is 11.3 Å². The maximum atomic E-state index is 12.4. The molecule has 1 aromatic carbocycles. The van der Waals surface area contributed by atoms with Gasteiger partial charge >= 0.3 is 6.09 Å². The molecule has 0 aliphatic carbocycles. The zero-order valence-corrected chi connectivity index (χ0v) is 15.2. The number of carbonyl (C=O) groups is 2. The number of hydrogen-bond acceptors (Lipinski definition) is 5. The highest BCUT2D eigenvalue weighted by Crippen LogP contribution is 2.23. The molecule has 0 saturated carbocycles. The van der Waals surface area contributed by atoms with Crippen LogP contribution < -0.4 is 5.32 Å². The van der Waals surface area contributed by atoms with E-state index < -0.39 is 0 Å². The first kappa shape index (κ1) is 18.3. The molecule has 1 aliphatic heterocycles. The lowest BCUT2D eigenvalue weighted by atomic mass is 10.1. The van der Waals surface area contributed by atoms with Crippen LogP contribution in [0.15, 0.2) is 34.9 Å². The van der Waals surface area contributed by atoms with E-state index in [1.54, 1.807) is 36.1 Å². The highest BCUT2D eigenvalue weighted by Gasteiger charge is 2.25. The molecule has 8 heteroatoms. The van der Waals surface area contributed by atoms with Crippen molar-refractivity contribution in [1.82, 2.24) is 15.4 Å². The Kier molecular flexibility index (Phi) is 5.78. The highest BCUT2D eigenvalue weighted by atomic mass is 35.5. The van der Waals surface area contributed by atoms with Crippen molar-refractivity contribution in [3.8, 4) is 11.3 Å². The second kappa shape index (κ2) is 8.23. The fourth-order valence-electron chi connectivity index (χ4n) is 2.84. The summed E-state index contributed by atoms with van der Waals surface area (Å²) in [6, 6.07) is 8.72. The van der Waals surface area contributed by atoms with Crippen LogP contribution >= 0.6 is 11.6 Å². The highest BCUT2D eigenvalue weighted by molar-refractivity contribution is 6.30. The van der Waals surface area contributed by atoms with Crippen molar-refractivity contribution in [2.75, 3.05) is 19.7 Å². The summed E-state index contributed by atoms with van der Waals surface area (Å²) in [5, 5.41) is 7.36. The Morgan fingerprint density at radius 3 is 2.81 bits per heavy atom. The Bertz CT molecular complexity index is 784. The van der Waals surface area contributed by atoms with Crippen LogP contribution in [-0.2, 0) is 4.74 Å². The number of benzene rings is 1. The summed E-state index contributed by atoms with van der Waals surface area (Å²) in [6.07, 6.45) is 1.03. The molecule has 0 atom stereocenters. The number of aromatic nitrogens is 1. The van der Waals surface area contributed by atoms with Gasteiger partial charge in [0.1, 0.15) is 0 Å². The predicted octanol–water partition coefficient (Wildman–Crippen LogP) is 3.35. The second-order valence-corrected chi connectivity index (χ2v) is 6.46. The molecule has 1 fully saturated rings. The molecule has 26 heavy (non-hydrogen) atoms. The Balaban J connectivity index is 1.56. The van der Waals surface area contributed by atoms with Crippen LogP contribution in [0.4, 0.5) is 4.79 Å². The molecule has 0 radical (unpaired) electrons. The van der Waals surface area contributed by atoms with E-state index in [2.05, 4.69) is 10.5 Å². The van der Waals surface area contributed by atoms with Crippen LogP contribution in [0.2, 0.25) is 5.02 Å². The number of halogens is 1. The summed E-state index contributed by atoms with van der Waals surface area (Å²) in [7, 11) is 0. The van der Waals surface area contributed by atoms with E-state index in [-0.39, 0.29) is 23.7 Å². The third kappa shape index (κ3) is 4.35. The van der Waals surface area contributed by atoms with Crippen molar-refractivity contribution in [3.63, 3.8) is 0 Å². The third-order valence-corrected chi connectivity index (χ3v) is 4.44. The van der Waals surface area contributed by atoms with Gasteiger partial charge in [0, 0.05) is 35.8 Å². The van der Waals surface area contributed by atoms with Crippen molar-refractivity contribution in [3.05, 3.63) is 41.0 Å². The fraction of sp³-hybridized carbons (Fsp3) is 0.389. The quantitative estimate of drug-likeness (QED) is 0.883. The Hall–Kier alpha value is -2.54. The normalized spacial score (nSPS) is 14.9. The van der Waals surface area contributed by atoms with Crippen LogP contribution in [0.5, 0.6) is 0 Å². The van der Waals surface area contributed by atoms with E-state index in [1.807, 2.05) is 6.07 Å². The fourth-order valence-corrected chi connectivity index (χ4v) is 3.03. The van der Waals surface area contributed by atoms with Gasteiger partial charge in [0.25, 0.3) is 5.91 Å². The second-order valence-electron chi connectivity index (χ2n) is 6.02. The molecule has 1 aromatic heterocycles. The van der Waals surface area contributed by atoms with Gasteiger partial charge in [-0.1, -0.05) is 28.9 Å². The van der Waals surface area contributed by atoms with Crippen molar-refractivity contribution in [2.24, 2.45) is 0 Å². The molecule has 0 bridgehead atoms. The van der Waals surface area contributed by atoms with Crippen LogP contribution in [-0.4, -0.2) is 47.8 Å². The van der Waals surface area contributed by atoms with E-state index >= 15 is 0 Å². The summed E-state index contributed by atoms with van der Waals surface area (Å²) >= 11 is 5.97. The molecule has 2 heterocycles. The lowest BCUT2D eigenvalue weighted by Gasteiger charge is -2.31. The van der Waals surface area contributed by atoms with Gasteiger partial charge in [-0.3, -0.25) is 4.79 Å². The first-order chi connectivity index (χ1) is 12.6. The van der Waals surface area contributed by atoms with Gasteiger partial charge in [-0.2, -0.15) is 0 Å². The maximum Gasteiger partial charge on any atom is 0.409 e. The zero-order chi connectivity index (χ0) is 18.5. The molecule has 1 N–H and O–H groups in total. The number of hydrogen-bond donors (Lipinski definition) is 1. The van der Waals surface area contributed by atoms with E-state index in [4.69, 9.17) is 20.9 Å². The summed E-state index contributed by atoms with van der Waals surface area (Å²) in [6.45, 7) is 3.24. The number of rotatable bonds is 4. The largest absolute Gasteiger partial charge is 0.450 e. The third-order valence-electron chi connectivity index (χ3n) is 4.21. The minimum Gasteiger partial charge on any atom is -0.450 e. The van der Waals surface area contributed by atoms with E-state index in [0.717, 1.165) is 5.56 Å². The molecule has 2 aromatic rings. The van der Waals surface area contributed by atoms with Gasteiger partial charge in [-0.25, -0.2) is 4.79 Å². The van der Waals surface area contributed by atoms with Crippen molar-refractivity contribution in [1.29, 1.82) is 0 Å². The van der Waals surface area contributed by atoms with Gasteiger partial charge in [0.2, 0.25) is 0 Å². The number of nitrogens with one attached hydrogen (secondary N) is 1. The van der Waals surface area contributed by atoms with E-state index in [1.165, 1.54) is 0 Å². The number of nitrogens with zero attached hydrogens (tertiary/aromatic N) is 2. The maximum absolute atomic E-state index is 12.4. The van der Waals surface area contributed by atoms with E-state index in [0.29, 0.717) is 43.3 Å². The van der Waals surface area contributed by atoms with Crippen LogP contribution in [0.1, 0.15) is 30.3 Å². The monoisotopic (exact) mass is 377 g/mol. The molecule has 7 nitrogen and oxygen atoms in total. The molecule has 3 rings (SSSR count). The van der Waals surface area contributed by atoms with Gasteiger partial charge in [0.05, 0.1) is 6.61 Å². The lowest BCUT2D eigenvalue weighted by Crippen LogP contribution is -2.46. The minimum absolute atomic E-state index is 0.0144. The molecule has 1 aliphatic rings. The van der Waals surface area contributed by atoms with Gasteiger partial charge < -0.3 is 19.5 Å². The van der Waals surface area contributed by atoms with Crippen molar-refractivity contribution >= 4 is 23.6 Å². The number of ether oxygens (including phenoxy) is 1. The Morgan fingerprint density at radius 2 is 2.12 bits per heavy atom. The van der Waals surface area contributed by atoms with Crippen molar-refractivity contribution < 1.29 is 18.8 Å². The number of amides is 2. The first-order valence-electron chi connectivity index (χ1n) is 8.52. The topological polar surface area (TPSA) is 84.7 Å². The summed E-state index contributed by atoms with van der Waals surface area (Å²) in [4.78, 5) is 25.7. The average molecular weight is 378 g/mol. The summed E-state index contributed by atoms with van der Waals surface area (Å²) < 4.78 is 10.2. The minimum atomic E-state index is -0.306. The number of piperidine rings is 1. The molecule has 0 spiro atoms. The predicted molar refractivity (Wildman–Crippen MR) is 96.0 cm³/mol. The SMILES string of the molecule is CCOC(=O)N1CCC(NC(=O)c2cc(-c3cccc(Cl)c3)on2)CC1. The molecule has 2 amide bonds. The lowest BCUT2D eigenvalue weighted by molar-refractivity contribution is 0.0854. The molecule has 138 valence electrons. The average Bonchev–Trinajstić information content (AvgIpc) is 3.13.